The fraction of sp³-hybridized carbons (Fsp3) is 0.115. The Balaban J connectivity index is 1.43. The van der Waals surface area contributed by atoms with Gasteiger partial charge in [-0.3, -0.25) is 4.79 Å². The number of aromatic nitrogens is 3. The van der Waals surface area contributed by atoms with Crippen molar-refractivity contribution in [2.75, 3.05) is 7.11 Å². The number of benzene rings is 3. The minimum atomic E-state index is -0.190. The SMILES string of the molecule is COc1cc(/C=c2\sc3nc(-c4cccc(C)c4)nn3c2=O)ccc1OCc1ccccc1. The summed E-state index contributed by atoms with van der Waals surface area (Å²) in [6, 6.07) is 23.5. The lowest BCUT2D eigenvalue weighted by molar-refractivity contribution is 0.284. The van der Waals surface area contributed by atoms with Gasteiger partial charge in [0.25, 0.3) is 5.56 Å². The molecule has 0 amide bonds. The maximum atomic E-state index is 12.9. The van der Waals surface area contributed by atoms with Crippen molar-refractivity contribution in [3.05, 3.63) is 104 Å². The molecule has 5 rings (SSSR count). The molecule has 0 saturated heterocycles. The molecule has 0 spiro atoms. The van der Waals surface area contributed by atoms with E-state index in [1.165, 1.54) is 15.9 Å². The quantitative estimate of drug-likeness (QED) is 0.383. The number of hydrogen-bond donors (Lipinski definition) is 0. The standard InChI is InChI=1S/C26H21N3O3S/c1-17-7-6-10-20(13-17)24-27-26-29(28-24)25(30)23(33-26)15-19-11-12-21(22(14-19)31-2)32-16-18-8-4-3-5-9-18/h3-15H,16H2,1-2H3/b23-15-. The van der Waals surface area contributed by atoms with Crippen LogP contribution in [0.2, 0.25) is 0 Å². The van der Waals surface area contributed by atoms with E-state index in [-0.39, 0.29) is 5.56 Å². The van der Waals surface area contributed by atoms with Crippen LogP contribution in [0.3, 0.4) is 0 Å². The van der Waals surface area contributed by atoms with Crippen LogP contribution in [0.5, 0.6) is 11.5 Å². The number of methoxy groups -OCH3 is 1. The molecule has 0 atom stereocenters. The monoisotopic (exact) mass is 455 g/mol. The highest BCUT2D eigenvalue weighted by atomic mass is 32.1. The van der Waals surface area contributed by atoms with Crippen LogP contribution in [0, 0.1) is 6.92 Å². The van der Waals surface area contributed by atoms with Crippen molar-refractivity contribution in [2.24, 2.45) is 0 Å². The van der Waals surface area contributed by atoms with E-state index in [4.69, 9.17) is 9.47 Å². The fourth-order valence-electron chi connectivity index (χ4n) is 3.52. The third-order valence-corrected chi connectivity index (χ3v) is 6.14. The van der Waals surface area contributed by atoms with E-state index < -0.39 is 0 Å². The topological polar surface area (TPSA) is 65.7 Å². The third-order valence-electron chi connectivity index (χ3n) is 5.18. The highest BCUT2D eigenvalue weighted by molar-refractivity contribution is 7.15. The molecule has 0 fully saturated rings. The molecule has 0 radical (unpaired) electrons. The number of rotatable bonds is 6. The van der Waals surface area contributed by atoms with Crippen molar-refractivity contribution in [1.82, 2.24) is 14.6 Å². The Morgan fingerprint density at radius 3 is 2.61 bits per heavy atom. The molecule has 0 aliphatic heterocycles. The van der Waals surface area contributed by atoms with E-state index in [1.54, 1.807) is 7.11 Å². The zero-order valence-corrected chi connectivity index (χ0v) is 19.0. The van der Waals surface area contributed by atoms with Crippen LogP contribution >= 0.6 is 11.3 Å². The second-order valence-electron chi connectivity index (χ2n) is 7.60. The first-order chi connectivity index (χ1) is 16.1. The number of ether oxygens (including phenoxy) is 2. The van der Waals surface area contributed by atoms with Gasteiger partial charge in [-0.15, -0.1) is 5.10 Å². The zero-order valence-electron chi connectivity index (χ0n) is 18.2. The summed E-state index contributed by atoms with van der Waals surface area (Å²) < 4.78 is 13.4. The van der Waals surface area contributed by atoms with Gasteiger partial charge < -0.3 is 9.47 Å². The van der Waals surface area contributed by atoms with Crippen molar-refractivity contribution in [3.8, 4) is 22.9 Å². The van der Waals surface area contributed by atoms with Crippen LogP contribution in [0.1, 0.15) is 16.7 Å². The van der Waals surface area contributed by atoms with Gasteiger partial charge in [-0.2, -0.15) is 9.50 Å². The Labute approximate surface area is 194 Å². The van der Waals surface area contributed by atoms with E-state index >= 15 is 0 Å². The van der Waals surface area contributed by atoms with Crippen molar-refractivity contribution < 1.29 is 9.47 Å². The minimum absolute atomic E-state index is 0.190. The van der Waals surface area contributed by atoms with E-state index in [1.807, 2.05) is 85.8 Å². The summed E-state index contributed by atoms with van der Waals surface area (Å²) in [7, 11) is 1.60. The van der Waals surface area contributed by atoms with Gasteiger partial charge in [0, 0.05) is 5.56 Å². The molecule has 6 nitrogen and oxygen atoms in total. The van der Waals surface area contributed by atoms with Crippen LogP contribution < -0.4 is 19.6 Å². The molecule has 0 aliphatic rings. The first-order valence-electron chi connectivity index (χ1n) is 10.4. The molecule has 2 aromatic heterocycles. The van der Waals surface area contributed by atoms with Crippen LogP contribution in [-0.2, 0) is 6.61 Å². The molecule has 33 heavy (non-hydrogen) atoms. The van der Waals surface area contributed by atoms with Crippen molar-refractivity contribution in [2.45, 2.75) is 13.5 Å². The molecule has 164 valence electrons. The Hall–Kier alpha value is -3.97. The molecule has 2 heterocycles. The smallest absolute Gasteiger partial charge is 0.291 e. The number of thiazole rings is 1. The van der Waals surface area contributed by atoms with Gasteiger partial charge in [-0.25, -0.2) is 0 Å². The van der Waals surface area contributed by atoms with Crippen LogP contribution in [-0.4, -0.2) is 21.7 Å². The first-order valence-corrected chi connectivity index (χ1v) is 11.3. The van der Waals surface area contributed by atoms with Crippen LogP contribution in [0.15, 0.2) is 77.6 Å². The lowest BCUT2D eigenvalue weighted by Crippen LogP contribution is -2.23. The molecule has 7 heteroatoms. The normalized spacial score (nSPS) is 11.8. The molecule has 3 aromatic carbocycles. The summed E-state index contributed by atoms with van der Waals surface area (Å²) in [5, 5.41) is 4.43. The average molecular weight is 456 g/mol. The van der Waals surface area contributed by atoms with Gasteiger partial charge in [-0.1, -0.05) is 71.5 Å². The number of aryl methyl sites for hydroxylation is 1. The molecule has 5 aromatic rings. The number of nitrogens with zero attached hydrogens (tertiary/aromatic N) is 3. The maximum absolute atomic E-state index is 12.9. The molecular formula is C26H21N3O3S. The maximum Gasteiger partial charge on any atom is 0.291 e. The summed E-state index contributed by atoms with van der Waals surface area (Å²) in [5.74, 6) is 1.80. The summed E-state index contributed by atoms with van der Waals surface area (Å²) >= 11 is 1.31. The van der Waals surface area contributed by atoms with Crippen molar-refractivity contribution in [1.29, 1.82) is 0 Å². The second-order valence-corrected chi connectivity index (χ2v) is 8.61. The molecule has 0 saturated carbocycles. The molecule has 0 N–H and O–H groups in total. The zero-order chi connectivity index (χ0) is 22.8. The molecule has 0 unspecified atom stereocenters. The lowest BCUT2D eigenvalue weighted by atomic mass is 10.1. The van der Waals surface area contributed by atoms with Gasteiger partial charge in [0.1, 0.15) is 6.61 Å². The Morgan fingerprint density at radius 1 is 1.00 bits per heavy atom. The van der Waals surface area contributed by atoms with Gasteiger partial charge >= 0.3 is 0 Å². The number of hydrogen-bond acceptors (Lipinski definition) is 6. The Morgan fingerprint density at radius 2 is 1.85 bits per heavy atom. The van der Waals surface area contributed by atoms with E-state index in [2.05, 4.69) is 10.1 Å². The highest BCUT2D eigenvalue weighted by Gasteiger charge is 2.12. The fourth-order valence-corrected chi connectivity index (χ4v) is 4.43. The van der Waals surface area contributed by atoms with Crippen molar-refractivity contribution in [3.63, 3.8) is 0 Å². The Bertz CT molecular complexity index is 1540. The summed E-state index contributed by atoms with van der Waals surface area (Å²) in [6.07, 6.45) is 1.82. The van der Waals surface area contributed by atoms with E-state index in [9.17, 15) is 4.79 Å². The molecule has 0 bridgehead atoms. The summed E-state index contributed by atoms with van der Waals surface area (Å²) in [6.45, 7) is 2.46. The van der Waals surface area contributed by atoms with Crippen LogP contribution in [0.25, 0.3) is 22.4 Å². The van der Waals surface area contributed by atoms with Crippen LogP contribution in [0.4, 0.5) is 0 Å². The average Bonchev–Trinajstić information content (AvgIpc) is 3.38. The lowest BCUT2D eigenvalue weighted by Gasteiger charge is -2.11. The largest absolute Gasteiger partial charge is 0.493 e. The molecule has 0 aliphatic carbocycles. The van der Waals surface area contributed by atoms with Gasteiger partial charge in [0.15, 0.2) is 17.3 Å². The number of fused-ring (bicyclic) bond motifs is 1. The molecular weight excluding hydrogens is 434 g/mol. The van der Waals surface area contributed by atoms with Gasteiger partial charge in [0.05, 0.1) is 11.6 Å². The van der Waals surface area contributed by atoms with E-state index in [0.717, 1.165) is 22.3 Å². The first kappa shape index (κ1) is 20.9. The predicted octanol–water partition coefficient (Wildman–Crippen LogP) is 4.26. The minimum Gasteiger partial charge on any atom is -0.493 e. The second kappa shape index (κ2) is 8.88. The summed E-state index contributed by atoms with van der Waals surface area (Å²) in [5.41, 5.74) is 3.73. The highest BCUT2D eigenvalue weighted by Crippen LogP contribution is 2.29. The summed E-state index contributed by atoms with van der Waals surface area (Å²) in [4.78, 5) is 18.0. The van der Waals surface area contributed by atoms with Crippen molar-refractivity contribution >= 4 is 22.4 Å². The Kier molecular flexibility index (Phi) is 5.62. The van der Waals surface area contributed by atoms with Gasteiger partial charge in [-0.05, 0) is 42.3 Å². The van der Waals surface area contributed by atoms with E-state index in [0.29, 0.717) is 33.4 Å². The third kappa shape index (κ3) is 4.36. The predicted molar refractivity (Wildman–Crippen MR) is 130 cm³/mol. The van der Waals surface area contributed by atoms with Gasteiger partial charge in [0.2, 0.25) is 4.96 Å².